The van der Waals surface area contributed by atoms with Crippen molar-refractivity contribution in [2.24, 2.45) is 0 Å². The van der Waals surface area contributed by atoms with E-state index in [-0.39, 0.29) is 0 Å². The summed E-state index contributed by atoms with van der Waals surface area (Å²) in [6.45, 7) is 4.41. The summed E-state index contributed by atoms with van der Waals surface area (Å²) in [7, 11) is 4.99. The van der Waals surface area contributed by atoms with E-state index in [4.69, 9.17) is 5.11 Å². The highest BCUT2D eigenvalue weighted by molar-refractivity contribution is 5.72. The number of likely N-dealkylation sites (N-methyl/N-ethyl adjacent to an activating group) is 1. The molecule has 0 aromatic carbocycles. The van der Waals surface area contributed by atoms with E-state index in [1.807, 2.05) is 13.8 Å². The van der Waals surface area contributed by atoms with Crippen LogP contribution in [-0.4, -0.2) is 49.8 Å². The van der Waals surface area contributed by atoms with E-state index in [0.717, 1.165) is 0 Å². The molecule has 0 saturated carbocycles. The molecule has 0 aliphatic rings. The number of methoxy groups -OCH3 is 1. The Morgan fingerprint density at radius 3 is 2.00 bits per heavy atom. The van der Waals surface area contributed by atoms with E-state index in [1.54, 1.807) is 19.0 Å². The molecule has 0 aromatic rings. The zero-order chi connectivity index (χ0) is 10.1. The molecule has 1 unspecified atom stereocenters. The molecule has 74 valence electrons. The highest BCUT2D eigenvalue weighted by atomic mass is 16.5. The lowest BCUT2D eigenvalue weighted by molar-refractivity contribution is -0.149. The van der Waals surface area contributed by atoms with Gasteiger partial charge in [0.15, 0.2) is 6.10 Å². The monoisotopic (exact) mass is 177 g/mol. The van der Waals surface area contributed by atoms with Gasteiger partial charge in [-0.15, -0.1) is 0 Å². The molecule has 0 rings (SSSR count). The third-order valence-corrected chi connectivity index (χ3v) is 1.09. The predicted octanol–water partition coefficient (Wildman–Crippen LogP) is 0.674. The molecule has 0 radical (unpaired) electrons. The molecule has 1 atom stereocenters. The Labute approximate surface area is 74.1 Å². The second kappa shape index (κ2) is 8.49. The Hall–Kier alpha value is -0.610. The van der Waals surface area contributed by atoms with Crippen LogP contribution in [0.1, 0.15) is 13.8 Å². The first-order valence-corrected chi connectivity index (χ1v) is 3.98. The molecule has 1 N–H and O–H groups in total. The quantitative estimate of drug-likeness (QED) is 0.686. The average Bonchev–Trinajstić information content (AvgIpc) is 2.03. The van der Waals surface area contributed by atoms with Gasteiger partial charge in [-0.2, -0.15) is 0 Å². The predicted molar refractivity (Wildman–Crippen MR) is 48.3 cm³/mol. The van der Waals surface area contributed by atoms with Gasteiger partial charge in [-0.05, 0) is 14.1 Å². The molecule has 0 fully saturated rings. The van der Waals surface area contributed by atoms with Crippen molar-refractivity contribution in [1.29, 1.82) is 0 Å². The number of hydrogen-bond donors (Lipinski definition) is 1. The van der Waals surface area contributed by atoms with Crippen LogP contribution >= 0.6 is 0 Å². The maximum atomic E-state index is 10.3. The summed E-state index contributed by atoms with van der Waals surface area (Å²) in [5, 5.41) is 8.47. The molecule has 4 nitrogen and oxygen atoms in total. The fourth-order valence-corrected chi connectivity index (χ4v) is 0.585. The van der Waals surface area contributed by atoms with Crippen molar-refractivity contribution in [3.63, 3.8) is 0 Å². The molecular weight excluding hydrogens is 158 g/mol. The van der Waals surface area contributed by atoms with Crippen LogP contribution in [0.3, 0.4) is 0 Å². The smallest absolute Gasteiger partial charge is 0.334 e. The lowest BCUT2D eigenvalue weighted by Gasteiger charge is -2.14. The number of carbonyl (C=O) groups is 1. The molecule has 4 heteroatoms. The minimum atomic E-state index is -0.920. The van der Waals surface area contributed by atoms with Gasteiger partial charge in [0, 0.05) is 13.7 Å². The summed E-state index contributed by atoms with van der Waals surface area (Å²) < 4.78 is 4.68. The third-order valence-electron chi connectivity index (χ3n) is 1.09. The Balaban J connectivity index is 0. The van der Waals surface area contributed by atoms with E-state index in [0.29, 0.717) is 6.54 Å². The van der Waals surface area contributed by atoms with Crippen LogP contribution in [0.2, 0.25) is 0 Å². The minimum absolute atomic E-state index is 0.409. The minimum Gasteiger partial charge on any atom is -0.479 e. The van der Waals surface area contributed by atoms with E-state index in [9.17, 15) is 4.79 Å². The van der Waals surface area contributed by atoms with Crippen LogP contribution < -0.4 is 0 Å². The number of carboxylic acids is 1. The van der Waals surface area contributed by atoms with Gasteiger partial charge in [-0.25, -0.2) is 4.79 Å². The van der Waals surface area contributed by atoms with Crippen LogP contribution in [0.5, 0.6) is 0 Å². The Morgan fingerprint density at radius 1 is 1.50 bits per heavy atom. The van der Waals surface area contributed by atoms with Gasteiger partial charge in [-0.1, -0.05) is 13.8 Å². The molecule has 12 heavy (non-hydrogen) atoms. The fraction of sp³-hybridized carbons (Fsp3) is 0.875. The molecule has 0 spiro atoms. The normalized spacial score (nSPS) is 11.8. The Morgan fingerprint density at radius 2 is 1.92 bits per heavy atom. The molecule has 0 heterocycles. The van der Waals surface area contributed by atoms with Gasteiger partial charge in [-0.3, -0.25) is 0 Å². The Kier molecular flexibility index (Phi) is 9.86. The van der Waals surface area contributed by atoms with Gasteiger partial charge >= 0.3 is 5.97 Å². The second-order valence-electron chi connectivity index (χ2n) is 2.32. The first-order chi connectivity index (χ1) is 5.57. The van der Waals surface area contributed by atoms with Crippen molar-refractivity contribution >= 4 is 5.97 Å². The summed E-state index contributed by atoms with van der Waals surface area (Å²) in [6.07, 6.45) is -0.713. The van der Waals surface area contributed by atoms with Crippen LogP contribution in [0.4, 0.5) is 0 Å². The van der Waals surface area contributed by atoms with Gasteiger partial charge in [0.1, 0.15) is 0 Å². The highest BCUT2D eigenvalue weighted by Gasteiger charge is 2.16. The van der Waals surface area contributed by atoms with Gasteiger partial charge in [0.2, 0.25) is 0 Å². The largest absolute Gasteiger partial charge is 0.479 e. The highest BCUT2D eigenvalue weighted by Crippen LogP contribution is 1.91. The lowest BCUT2D eigenvalue weighted by atomic mass is 10.3. The summed E-state index contributed by atoms with van der Waals surface area (Å²) in [5.41, 5.74) is 0. The van der Waals surface area contributed by atoms with E-state index in [2.05, 4.69) is 4.74 Å². The molecule has 0 aliphatic heterocycles. The van der Waals surface area contributed by atoms with Crippen molar-refractivity contribution in [2.75, 3.05) is 27.7 Å². The van der Waals surface area contributed by atoms with E-state index in [1.165, 1.54) is 7.11 Å². The standard InChI is InChI=1S/C6H13NO3.C2H6/c1-7(2)4-5(10-3)6(8)9;1-2/h5H,4H2,1-3H3,(H,8,9);1-2H3. The molecule has 0 amide bonds. The lowest BCUT2D eigenvalue weighted by Crippen LogP contribution is -2.33. The zero-order valence-corrected chi connectivity index (χ0v) is 8.50. The number of carboxylic acid groups (broad SMARTS) is 1. The van der Waals surface area contributed by atoms with Crippen molar-refractivity contribution in [1.82, 2.24) is 4.90 Å². The molecule has 0 saturated heterocycles. The van der Waals surface area contributed by atoms with Crippen molar-refractivity contribution in [3.05, 3.63) is 0 Å². The third kappa shape index (κ3) is 7.50. The van der Waals surface area contributed by atoms with Crippen LogP contribution in [-0.2, 0) is 9.53 Å². The van der Waals surface area contributed by atoms with Crippen LogP contribution in [0.25, 0.3) is 0 Å². The van der Waals surface area contributed by atoms with Crippen molar-refractivity contribution in [2.45, 2.75) is 20.0 Å². The molecule has 0 bridgehead atoms. The van der Waals surface area contributed by atoms with Gasteiger partial charge < -0.3 is 14.7 Å². The SMILES string of the molecule is CC.COC(CN(C)C)C(=O)O. The first-order valence-electron chi connectivity index (χ1n) is 3.98. The summed E-state index contributed by atoms with van der Waals surface area (Å²) >= 11 is 0. The number of nitrogens with zero attached hydrogens (tertiary/aromatic N) is 1. The van der Waals surface area contributed by atoms with Gasteiger partial charge in [0.25, 0.3) is 0 Å². The van der Waals surface area contributed by atoms with E-state index < -0.39 is 12.1 Å². The number of aliphatic carboxylic acids is 1. The van der Waals surface area contributed by atoms with Crippen molar-refractivity contribution < 1.29 is 14.6 Å². The van der Waals surface area contributed by atoms with Crippen LogP contribution in [0, 0.1) is 0 Å². The Bertz CT molecular complexity index is 115. The van der Waals surface area contributed by atoms with Crippen LogP contribution in [0.15, 0.2) is 0 Å². The fourth-order valence-electron chi connectivity index (χ4n) is 0.585. The first kappa shape index (κ1) is 13.9. The summed E-state index contributed by atoms with van der Waals surface area (Å²) in [4.78, 5) is 12.1. The van der Waals surface area contributed by atoms with E-state index >= 15 is 0 Å². The van der Waals surface area contributed by atoms with Crippen molar-refractivity contribution in [3.8, 4) is 0 Å². The average molecular weight is 177 g/mol. The zero-order valence-electron chi connectivity index (χ0n) is 8.50. The molecule has 0 aliphatic carbocycles. The topological polar surface area (TPSA) is 49.8 Å². The summed E-state index contributed by atoms with van der Waals surface area (Å²) in [5.74, 6) is -0.920. The van der Waals surface area contributed by atoms with Gasteiger partial charge in [0.05, 0.1) is 0 Å². The maximum absolute atomic E-state index is 10.3. The number of rotatable bonds is 4. The maximum Gasteiger partial charge on any atom is 0.334 e. The number of hydrogen-bond acceptors (Lipinski definition) is 3. The second-order valence-corrected chi connectivity index (χ2v) is 2.32. The summed E-state index contributed by atoms with van der Waals surface area (Å²) in [6, 6.07) is 0. The number of ether oxygens (including phenoxy) is 1. The molecule has 0 aromatic heterocycles. The molecular formula is C8H19NO3.